The Balaban J connectivity index is 1.99. The van der Waals surface area contributed by atoms with E-state index in [1.54, 1.807) is 19.1 Å². The third-order valence-corrected chi connectivity index (χ3v) is 3.21. The molecule has 5 nitrogen and oxygen atoms in total. The molecule has 0 radical (unpaired) electrons. The number of hydrogen-bond donors (Lipinski definition) is 0. The average molecular weight is 281 g/mol. The molecule has 0 atom stereocenters. The van der Waals surface area contributed by atoms with Crippen LogP contribution in [0.2, 0.25) is 0 Å². The van der Waals surface area contributed by atoms with Crippen LogP contribution < -0.4 is 0 Å². The SMILES string of the molecule is CCOC(=O)c1cccn2c(Cc3ccccc3)nnc12. The average Bonchev–Trinajstić information content (AvgIpc) is 2.92. The van der Waals surface area contributed by atoms with Crippen molar-refractivity contribution in [3.8, 4) is 0 Å². The van der Waals surface area contributed by atoms with Crippen LogP contribution in [0.1, 0.15) is 28.7 Å². The largest absolute Gasteiger partial charge is 0.462 e. The highest BCUT2D eigenvalue weighted by Crippen LogP contribution is 2.14. The molecule has 0 saturated heterocycles. The summed E-state index contributed by atoms with van der Waals surface area (Å²) < 4.78 is 6.88. The normalized spacial score (nSPS) is 10.7. The fourth-order valence-electron chi connectivity index (χ4n) is 2.23. The van der Waals surface area contributed by atoms with Crippen LogP contribution in [0.3, 0.4) is 0 Å². The molecule has 0 aliphatic rings. The van der Waals surface area contributed by atoms with Crippen LogP contribution in [0.25, 0.3) is 5.65 Å². The fraction of sp³-hybridized carbons (Fsp3) is 0.188. The predicted molar refractivity (Wildman–Crippen MR) is 78.2 cm³/mol. The van der Waals surface area contributed by atoms with Gasteiger partial charge in [-0.3, -0.25) is 4.40 Å². The van der Waals surface area contributed by atoms with Crippen molar-refractivity contribution in [3.63, 3.8) is 0 Å². The van der Waals surface area contributed by atoms with Gasteiger partial charge < -0.3 is 4.74 Å². The molecule has 3 aromatic rings. The molecule has 0 unspecified atom stereocenters. The minimum atomic E-state index is -0.373. The van der Waals surface area contributed by atoms with E-state index in [0.29, 0.717) is 24.2 Å². The van der Waals surface area contributed by atoms with Crippen molar-refractivity contribution in [1.82, 2.24) is 14.6 Å². The molecule has 3 rings (SSSR count). The first kappa shape index (κ1) is 13.3. The molecule has 0 aliphatic heterocycles. The summed E-state index contributed by atoms with van der Waals surface area (Å²) in [6, 6.07) is 13.5. The van der Waals surface area contributed by atoms with Crippen LogP contribution in [0.5, 0.6) is 0 Å². The van der Waals surface area contributed by atoms with Crippen LogP contribution in [-0.2, 0) is 11.2 Å². The number of carbonyl (C=O) groups excluding carboxylic acids is 1. The molecule has 5 heteroatoms. The molecule has 2 heterocycles. The van der Waals surface area contributed by atoms with Gasteiger partial charge >= 0.3 is 5.97 Å². The van der Waals surface area contributed by atoms with Crippen molar-refractivity contribution >= 4 is 11.6 Å². The smallest absolute Gasteiger partial charge is 0.341 e. The highest BCUT2D eigenvalue weighted by Gasteiger charge is 2.15. The zero-order valence-corrected chi connectivity index (χ0v) is 11.7. The van der Waals surface area contributed by atoms with Gasteiger partial charge in [0.05, 0.1) is 6.61 Å². The number of benzene rings is 1. The van der Waals surface area contributed by atoms with Gasteiger partial charge in [0.25, 0.3) is 0 Å². The maximum absolute atomic E-state index is 11.9. The molecule has 0 N–H and O–H groups in total. The Morgan fingerprint density at radius 2 is 1.95 bits per heavy atom. The molecule has 2 aromatic heterocycles. The standard InChI is InChI=1S/C16H15N3O2/c1-2-21-16(20)13-9-6-10-19-14(17-18-15(13)19)11-12-7-4-3-5-8-12/h3-10H,2,11H2,1H3. The van der Waals surface area contributed by atoms with Crippen molar-refractivity contribution in [2.75, 3.05) is 6.61 Å². The van der Waals surface area contributed by atoms with Gasteiger partial charge in [-0.2, -0.15) is 0 Å². The van der Waals surface area contributed by atoms with Gasteiger partial charge in [-0.15, -0.1) is 10.2 Å². The van der Waals surface area contributed by atoms with Crippen LogP contribution in [-0.4, -0.2) is 27.2 Å². The summed E-state index contributed by atoms with van der Waals surface area (Å²) in [6.45, 7) is 2.12. The Morgan fingerprint density at radius 1 is 1.14 bits per heavy atom. The van der Waals surface area contributed by atoms with Crippen LogP contribution in [0.15, 0.2) is 48.7 Å². The highest BCUT2D eigenvalue weighted by molar-refractivity contribution is 5.95. The fourth-order valence-corrected chi connectivity index (χ4v) is 2.23. The topological polar surface area (TPSA) is 56.5 Å². The van der Waals surface area contributed by atoms with E-state index in [1.807, 2.05) is 40.9 Å². The van der Waals surface area contributed by atoms with Crippen molar-refractivity contribution < 1.29 is 9.53 Å². The lowest BCUT2D eigenvalue weighted by molar-refractivity contribution is 0.0528. The summed E-state index contributed by atoms with van der Waals surface area (Å²) in [5.74, 6) is 0.420. The Morgan fingerprint density at radius 3 is 2.71 bits per heavy atom. The lowest BCUT2D eigenvalue weighted by atomic mass is 10.1. The van der Waals surface area contributed by atoms with Crippen LogP contribution in [0.4, 0.5) is 0 Å². The quantitative estimate of drug-likeness (QED) is 0.689. The molecule has 0 aliphatic carbocycles. The lowest BCUT2D eigenvalue weighted by Crippen LogP contribution is -2.07. The molecule has 0 bridgehead atoms. The van der Waals surface area contributed by atoms with Gasteiger partial charge in [0.1, 0.15) is 11.4 Å². The number of aromatic nitrogens is 3. The minimum Gasteiger partial charge on any atom is -0.462 e. The number of fused-ring (bicyclic) bond motifs is 1. The van der Waals surface area contributed by atoms with E-state index in [1.165, 1.54) is 0 Å². The first-order valence-corrected chi connectivity index (χ1v) is 6.83. The van der Waals surface area contributed by atoms with Gasteiger partial charge in [0.15, 0.2) is 5.65 Å². The highest BCUT2D eigenvalue weighted by atomic mass is 16.5. The first-order chi connectivity index (χ1) is 10.3. The Kier molecular flexibility index (Phi) is 3.64. The van der Waals surface area contributed by atoms with Crippen molar-refractivity contribution in [3.05, 3.63) is 65.6 Å². The van der Waals surface area contributed by atoms with E-state index in [-0.39, 0.29) is 5.97 Å². The number of pyridine rings is 1. The maximum Gasteiger partial charge on any atom is 0.341 e. The zero-order valence-electron chi connectivity index (χ0n) is 11.7. The summed E-state index contributed by atoms with van der Waals surface area (Å²) in [6.07, 6.45) is 2.52. The molecule has 0 amide bonds. The van der Waals surface area contributed by atoms with Crippen molar-refractivity contribution in [1.29, 1.82) is 0 Å². The van der Waals surface area contributed by atoms with Crippen molar-refractivity contribution in [2.24, 2.45) is 0 Å². The number of carbonyl (C=O) groups is 1. The summed E-state index contributed by atoms with van der Waals surface area (Å²) in [4.78, 5) is 11.9. The Hall–Kier alpha value is -2.69. The number of hydrogen-bond acceptors (Lipinski definition) is 4. The maximum atomic E-state index is 11.9. The summed E-state index contributed by atoms with van der Waals surface area (Å²) in [7, 11) is 0. The molecular weight excluding hydrogens is 266 g/mol. The van der Waals surface area contributed by atoms with Crippen molar-refractivity contribution in [2.45, 2.75) is 13.3 Å². The van der Waals surface area contributed by atoms with Gasteiger partial charge in [0.2, 0.25) is 0 Å². The van der Waals surface area contributed by atoms with Crippen LogP contribution in [0, 0.1) is 0 Å². The van der Waals surface area contributed by atoms with E-state index in [9.17, 15) is 4.79 Å². The third kappa shape index (κ3) is 2.63. The molecule has 0 saturated carbocycles. The second-order valence-electron chi connectivity index (χ2n) is 4.61. The number of nitrogens with zero attached hydrogens (tertiary/aromatic N) is 3. The van der Waals surface area contributed by atoms with E-state index in [4.69, 9.17) is 4.74 Å². The zero-order chi connectivity index (χ0) is 14.7. The molecular formula is C16H15N3O2. The Labute approximate surface area is 122 Å². The summed E-state index contributed by atoms with van der Waals surface area (Å²) in [5, 5.41) is 8.33. The number of esters is 1. The Bertz CT molecular complexity index is 766. The number of ether oxygens (including phenoxy) is 1. The van der Waals surface area contributed by atoms with Gasteiger partial charge in [0, 0.05) is 12.6 Å². The number of rotatable bonds is 4. The molecule has 1 aromatic carbocycles. The van der Waals surface area contributed by atoms with Gasteiger partial charge in [-0.25, -0.2) is 4.79 Å². The van der Waals surface area contributed by atoms with E-state index >= 15 is 0 Å². The second kappa shape index (κ2) is 5.75. The molecule has 0 fully saturated rings. The van der Waals surface area contributed by atoms with E-state index in [0.717, 1.165) is 11.4 Å². The molecule has 106 valence electrons. The second-order valence-corrected chi connectivity index (χ2v) is 4.61. The lowest BCUT2D eigenvalue weighted by Gasteiger charge is -2.04. The first-order valence-electron chi connectivity index (χ1n) is 6.83. The monoisotopic (exact) mass is 281 g/mol. The van der Waals surface area contributed by atoms with Gasteiger partial charge in [-0.05, 0) is 24.6 Å². The van der Waals surface area contributed by atoms with Gasteiger partial charge in [-0.1, -0.05) is 30.3 Å². The van der Waals surface area contributed by atoms with Crippen LogP contribution >= 0.6 is 0 Å². The third-order valence-electron chi connectivity index (χ3n) is 3.21. The predicted octanol–water partition coefficient (Wildman–Crippen LogP) is 2.50. The summed E-state index contributed by atoms with van der Waals surface area (Å²) >= 11 is 0. The molecule has 0 spiro atoms. The van der Waals surface area contributed by atoms with E-state index in [2.05, 4.69) is 10.2 Å². The van der Waals surface area contributed by atoms with E-state index < -0.39 is 0 Å². The summed E-state index contributed by atoms with van der Waals surface area (Å²) in [5.41, 5.74) is 2.11. The molecule has 21 heavy (non-hydrogen) atoms. The minimum absolute atomic E-state index is 0.338.